The van der Waals surface area contributed by atoms with Gasteiger partial charge in [-0.05, 0) is 60.9 Å². The van der Waals surface area contributed by atoms with Gasteiger partial charge >= 0.3 is 0 Å². The van der Waals surface area contributed by atoms with Crippen molar-refractivity contribution in [1.29, 1.82) is 0 Å². The van der Waals surface area contributed by atoms with Crippen LogP contribution in [0.5, 0.6) is 0 Å². The van der Waals surface area contributed by atoms with Crippen LogP contribution < -0.4 is 5.73 Å². The van der Waals surface area contributed by atoms with Gasteiger partial charge in [0.15, 0.2) is 11.6 Å². The van der Waals surface area contributed by atoms with E-state index < -0.39 is 17.0 Å². The highest BCUT2D eigenvalue weighted by atomic mass is 19.2. The molecule has 1 atom stereocenters. The molecule has 0 spiro atoms. The largest absolute Gasteiger partial charge is 0.381 e. The average molecular weight is 443 g/mol. The molecule has 2 aromatic rings. The van der Waals surface area contributed by atoms with E-state index >= 15 is 0 Å². The Bertz CT molecular complexity index is 1000. The Hall–Kier alpha value is -2.80. The molecule has 7 heteroatoms. The molecule has 0 aliphatic carbocycles. The van der Waals surface area contributed by atoms with Crippen LogP contribution in [0.15, 0.2) is 42.5 Å². The number of hydrogen-bond donors (Lipinski definition) is 1. The van der Waals surface area contributed by atoms with Gasteiger partial charge in [-0.1, -0.05) is 30.3 Å². The molecular formula is C25H28F2N2O3. The van der Waals surface area contributed by atoms with Gasteiger partial charge in [0.25, 0.3) is 0 Å². The normalized spacial score (nSPS) is 20.7. The topological polar surface area (TPSA) is 72.6 Å². The second kappa shape index (κ2) is 9.36. The fourth-order valence-corrected chi connectivity index (χ4v) is 4.94. The summed E-state index contributed by atoms with van der Waals surface area (Å²) in [6, 6.07) is 11.4. The van der Waals surface area contributed by atoms with E-state index in [9.17, 15) is 18.4 Å². The number of rotatable bonds is 5. The van der Waals surface area contributed by atoms with Crippen LogP contribution in [0, 0.1) is 23.0 Å². The van der Waals surface area contributed by atoms with Crippen LogP contribution in [0.2, 0.25) is 0 Å². The minimum atomic E-state index is -0.903. The molecule has 0 saturated carbocycles. The van der Waals surface area contributed by atoms with Crippen LogP contribution in [-0.2, 0) is 20.7 Å². The Morgan fingerprint density at radius 1 is 1.09 bits per heavy atom. The van der Waals surface area contributed by atoms with Gasteiger partial charge in [0.2, 0.25) is 11.8 Å². The first kappa shape index (κ1) is 22.4. The third-order valence-electron chi connectivity index (χ3n) is 6.79. The van der Waals surface area contributed by atoms with Gasteiger partial charge < -0.3 is 15.4 Å². The smallest absolute Gasteiger partial charge is 0.229 e. The maximum absolute atomic E-state index is 13.9. The maximum atomic E-state index is 13.9. The van der Waals surface area contributed by atoms with Crippen LogP contribution in [0.3, 0.4) is 0 Å². The zero-order chi connectivity index (χ0) is 22.7. The Kier molecular flexibility index (Phi) is 6.55. The minimum absolute atomic E-state index is 0.0202. The van der Waals surface area contributed by atoms with Gasteiger partial charge in [0.05, 0.1) is 11.3 Å². The van der Waals surface area contributed by atoms with Crippen molar-refractivity contribution >= 4 is 11.8 Å². The van der Waals surface area contributed by atoms with Crippen molar-refractivity contribution in [3.63, 3.8) is 0 Å². The lowest BCUT2D eigenvalue weighted by molar-refractivity contribution is -0.150. The highest BCUT2D eigenvalue weighted by Gasteiger charge is 2.44. The van der Waals surface area contributed by atoms with E-state index in [1.807, 2.05) is 24.3 Å². The highest BCUT2D eigenvalue weighted by Crippen LogP contribution is 2.40. The quantitative estimate of drug-likeness (QED) is 0.768. The summed E-state index contributed by atoms with van der Waals surface area (Å²) in [5, 5.41) is 0. The zero-order valence-corrected chi connectivity index (χ0v) is 18.0. The number of ether oxygens (including phenoxy) is 1. The van der Waals surface area contributed by atoms with Crippen LogP contribution in [0.4, 0.5) is 8.78 Å². The van der Waals surface area contributed by atoms with Gasteiger partial charge in [-0.2, -0.15) is 0 Å². The Morgan fingerprint density at radius 2 is 1.84 bits per heavy atom. The number of carbonyl (C=O) groups is 2. The van der Waals surface area contributed by atoms with Crippen LogP contribution >= 0.6 is 0 Å². The number of benzene rings is 2. The van der Waals surface area contributed by atoms with Gasteiger partial charge in [-0.3, -0.25) is 9.59 Å². The molecule has 2 aliphatic rings. The Morgan fingerprint density at radius 3 is 2.56 bits per heavy atom. The number of piperidine rings is 1. The summed E-state index contributed by atoms with van der Waals surface area (Å²) in [7, 11) is 0. The summed E-state index contributed by atoms with van der Waals surface area (Å²) in [5.74, 6) is -2.46. The lowest BCUT2D eigenvalue weighted by Gasteiger charge is -2.42. The highest BCUT2D eigenvalue weighted by molar-refractivity contribution is 5.85. The lowest BCUT2D eigenvalue weighted by atomic mass is 9.72. The van der Waals surface area contributed by atoms with Gasteiger partial charge in [0, 0.05) is 26.3 Å². The number of carbonyl (C=O) groups excluding carboxylic acids is 2. The molecule has 5 nitrogen and oxygen atoms in total. The first-order chi connectivity index (χ1) is 15.4. The summed E-state index contributed by atoms with van der Waals surface area (Å²) >= 11 is 0. The standard InChI is InChI=1S/C25H28F2N2O3/c26-21-8-7-17(14-22(21)27)20-6-2-1-4-18(20)15-25(9-12-32-13-10-25)24(31)29-11-3-5-19(16-29)23(28)30/h1-2,4,6-8,14,19H,3,5,9-13,15-16H2,(H2,28,30). The van der Waals surface area contributed by atoms with E-state index in [2.05, 4.69) is 0 Å². The predicted molar refractivity (Wildman–Crippen MR) is 116 cm³/mol. The van der Waals surface area contributed by atoms with E-state index in [-0.39, 0.29) is 17.7 Å². The monoisotopic (exact) mass is 442 g/mol. The SMILES string of the molecule is NC(=O)C1CCCN(C(=O)C2(Cc3ccccc3-c3ccc(F)c(F)c3)CCOCC2)C1. The van der Waals surface area contributed by atoms with E-state index in [1.54, 1.807) is 11.0 Å². The summed E-state index contributed by atoms with van der Waals surface area (Å²) in [6.07, 6.45) is 3.04. The molecule has 4 rings (SSSR count). The molecule has 0 bridgehead atoms. The molecule has 1 unspecified atom stereocenters. The zero-order valence-electron chi connectivity index (χ0n) is 18.0. The van der Waals surface area contributed by atoms with E-state index in [4.69, 9.17) is 10.5 Å². The minimum Gasteiger partial charge on any atom is -0.381 e. The number of nitrogens with zero attached hydrogens (tertiary/aromatic N) is 1. The number of primary amides is 1. The summed E-state index contributed by atoms with van der Waals surface area (Å²) in [4.78, 5) is 27.3. The third-order valence-corrected chi connectivity index (χ3v) is 6.79. The lowest BCUT2D eigenvalue weighted by Crippen LogP contribution is -2.52. The van der Waals surface area contributed by atoms with Crippen molar-refractivity contribution in [3.8, 4) is 11.1 Å². The molecule has 2 N–H and O–H groups in total. The third kappa shape index (κ3) is 4.53. The van der Waals surface area contributed by atoms with Crippen molar-refractivity contribution in [2.45, 2.75) is 32.1 Å². The maximum Gasteiger partial charge on any atom is 0.229 e. The molecule has 2 saturated heterocycles. The summed E-state index contributed by atoms with van der Waals surface area (Å²) in [6.45, 7) is 1.91. The van der Waals surface area contributed by atoms with Crippen molar-refractivity contribution in [1.82, 2.24) is 4.90 Å². The molecule has 0 aromatic heterocycles. The number of nitrogens with two attached hydrogens (primary N) is 1. The van der Waals surface area contributed by atoms with Crippen molar-refractivity contribution in [2.24, 2.45) is 17.1 Å². The second-order valence-electron chi connectivity index (χ2n) is 8.85. The molecule has 2 fully saturated rings. The molecule has 2 heterocycles. The molecule has 2 amide bonds. The number of likely N-dealkylation sites (tertiary alicyclic amines) is 1. The molecule has 0 radical (unpaired) electrons. The Labute approximate surface area is 186 Å². The number of amides is 2. The van der Waals surface area contributed by atoms with E-state index in [1.165, 1.54) is 6.07 Å². The van der Waals surface area contributed by atoms with Crippen molar-refractivity contribution < 1.29 is 23.1 Å². The van der Waals surface area contributed by atoms with Crippen LogP contribution in [0.1, 0.15) is 31.2 Å². The van der Waals surface area contributed by atoms with E-state index in [0.717, 1.165) is 23.6 Å². The van der Waals surface area contributed by atoms with Crippen molar-refractivity contribution in [2.75, 3.05) is 26.3 Å². The van der Waals surface area contributed by atoms with Crippen LogP contribution in [-0.4, -0.2) is 43.0 Å². The van der Waals surface area contributed by atoms with E-state index in [0.29, 0.717) is 57.6 Å². The summed E-state index contributed by atoms with van der Waals surface area (Å²) < 4.78 is 33.0. The average Bonchev–Trinajstić information content (AvgIpc) is 2.81. The predicted octanol–water partition coefficient (Wildman–Crippen LogP) is 3.70. The van der Waals surface area contributed by atoms with Gasteiger partial charge in [-0.15, -0.1) is 0 Å². The summed E-state index contributed by atoms with van der Waals surface area (Å²) in [5.41, 5.74) is 7.09. The van der Waals surface area contributed by atoms with Gasteiger partial charge in [-0.25, -0.2) is 8.78 Å². The first-order valence-electron chi connectivity index (χ1n) is 11.1. The number of hydrogen-bond acceptors (Lipinski definition) is 3. The fraction of sp³-hybridized carbons (Fsp3) is 0.440. The fourth-order valence-electron chi connectivity index (χ4n) is 4.94. The molecule has 32 heavy (non-hydrogen) atoms. The number of halogens is 2. The molecular weight excluding hydrogens is 414 g/mol. The van der Waals surface area contributed by atoms with Gasteiger partial charge in [0.1, 0.15) is 0 Å². The van der Waals surface area contributed by atoms with Crippen LogP contribution in [0.25, 0.3) is 11.1 Å². The molecule has 2 aromatic carbocycles. The second-order valence-corrected chi connectivity index (χ2v) is 8.85. The molecule has 2 aliphatic heterocycles. The Balaban J connectivity index is 1.66. The molecule has 170 valence electrons. The van der Waals surface area contributed by atoms with Crippen molar-refractivity contribution in [3.05, 3.63) is 59.7 Å². The first-order valence-corrected chi connectivity index (χ1v) is 11.1.